The fourth-order valence-electron chi connectivity index (χ4n) is 5.34. The third kappa shape index (κ3) is 4.88. The second kappa shape index (κ2) is 11.0. The van der Waals surface area contributed by atoms with Gasteiger partial charge in [0.1, 0.15) is 10.7 Å². The summed E-state index contributed by atoms with van der Waals surface area (Å²) >= 11 is 19.1. The van der Waals surface area contributed by atoms with Gasteiger partial charge in [-0.25, -0.2) is 0 Å². The summed E-state index contributed by atoms with van der Waals surface area (Å²) in [6.45, 7) is 11.6. The van der Waals surface area contributed by atoms with Crippen LogP contribution < -0.4 is 10.5 Å². The van der Waals surface area contributed by atoms with Gasteiger partial charge in [0, 0.05) is 42.8 Å². The van der Waals surface area contributed by atoms with Crippen LogP contribution >= 0.6 is 34.8 Å². The van der Waals surface area contributed by atoms with Crippen LogP contribution in [0.15, 0.2) is 65.5 Å². The number of aryl methyl sites for hydroxylation is 1. The average molecular weight is 567 g/mol. The van der Waals surface area contributed by atoms with Crippen molar-refractivity contribution >= 4 is 57.3 Å². The molecule has 4 aromatic rings. The van der Waals surface area contributed by atoms with Crippen LogP contribution in [0.25, 0.3) is 15.9 Å². The predicted molar refractivity (Wildman–Crippen MR) is 156 cm³/mol. The molecular weight excluding hydrogens is 541 g/mol. The second-order valence-electron chi connectivity index (χ2n) is 9.43. The molecule has 2 aromatic heterocycles. The van der Waals surface area contributed by atoms with E-state index in [-0.39, 0.29) is 28.5 Å². The van der Waals surface area contributed by atoms with Crippen LogP contribution in [0.5, 0.6) is 0 Å². The number of fused-ring (bicyclic) bond motifs is 1. The predicted octanol–water partition coefficient (Wildman–Crippen LogP) is 7.13. The lowest BCUT2D eigenvalue weighted by molar-refractivity contribution is 0.135. The van der Waals surface area contributed by atoms with Crippen molar-refractivity contribution in [3.63, 3.8) is 0 Å². The van der Waals surface area contributed by atoms with Crippen LogP contribution in [0.4, 0.5) is 11.5 Å². The minimum Gasteiger partial charge on any atom is -0.364 e. The van der Waals surface area contributed by atoms with Gasteiger partial charge in [0.05, 0.1) is 11.6 Å². The quantitative estimate of drug-likeness (QED) is 0.241. The lowest BCUT2D eigenvalue weighted by Crippen LogP contribution is -2.54. The summed E-state index contributed by atoms with van der Waals surface area (Å²) in [6.07, 6.45) is 0.884. The molecule has 9 heteroatoms. The van der Waals surface area contributed by atoms with E-state index in [2.05, 4.69) is 50.8 Å². The Morgan fingerprint density at radius 3 is 2.13 bits per heavy atom. The molecule has 0 radical (unpaired) electrons. The molecule has 1 fully saturated rings. The number of aromatic nitrogens is 2. The maximum atomic E-state index is 13.0. The summed E-state index contributed by atoms with van der Waals surface area (Å²) < 4.78 is 1.49. The molecule has 2 aromatic carbocycles. The molecule has 5 rings (SSSR count). The van der Waals surface area contributed by atoms with Crippen molar-refractivity contribution < 1.29 is 0 Å². The number of hydrogen-bond acceptors (Lipinski definition) is 4. The van der Waals surface area contributed by atoms with Gasteiger partial charge in [0.2, 0.25) is 5.52 Å². The smallest absolute Gasteiger partial charge is 0.271 e. The van der Waals surface area contributed by atoms with Crippen LogP contribution in [0.1, 0.15) is 30.5 Å². The lowest BCUT2D eigenvalue weighted by atomic mass is 9.93. The molecule has 6 nitrogen and oxygen atoms in total. The first-order valence-electron chi connectivity index (χ1n) is 12.4. The maximum absolute atomic E-state index is 13.0. The molecule has 0 amide bonds. The highest BCUT2D eigenvalue weighted by Crippen LogP contribution is 2.38. The monoisotopic (exact) mass is 565 g/mol. The number of anilines is 1. The highest BCUT2D eigenvalue weighted by atomic mass is 35.5. The minimum atomic E-state index is -0.276. The normalized spacial score (nSPS) is 16.2. The standard InChI is InChI=1S/C29H26Cl3N5O/c1-4-22-17-36(28-25(32)29(38)35(3)23-13-14-24(33-2)34-26(23)28)15-16-37(22)27(18-5-9-20(30)10-6-18)19-7-11-21(31)12-8-19/h5-14,22,27H,4,15-17H2,1,3H3/t22-/m1/s1. The van der Waals surface area contributed by atoms with E-state index in [9.17, 15) is 4.79 Å². The fraction of sp³-hybridized carbons (Fsp3) is 0.276. The Kier molecular flexibility index (Phi) is 7.65. The van der Waals surface area contributed by atoms with Crippen molar-refractivity contribution in [1.29, 1.82) is 0 Å². The largest absolute Gasteiger partial charge is 0.364 e. The molecule has 3 heterocycles. The number of hydrogen-bond donors (Lipinski definition) is 0. The lowest BCUT2D eigenvalue weighted by Gasteiger charge is -2.46. The summed E-state index contributed by atoms with van der Waals surface area (Å²) in [6, 6.07) is 19.5. The van der Waals surface area contributed by atoms with E-state index in [4.69, 9.17) is 41.4 Å². The Morgan fingerprint density at radius 1 is 0.974 bits per heavy atom. The van der Waals surface area contributed by atoms with Crippen molar-refractivity contribution in [1.82, 2.24) is 14.5 Å². The van der Waals surface area contributed by atoms with E-state index in [1.54, 1.807) is 19.2 Å². The van der Waals surface area contributed by atoms with Crippen molar-refractivity contribution in [3.05, 3.63) is 109 Å². The Hall–Kier alpha value is -3.08. The van der Waals surface area contributed by atoms with Crippen LogP contribution in [0, 0.1) is 6.57 Å². The topological polar surface area (TPSA) is 45.7 Å². The highest BCUT2D eigenvalue weighted by molar-refractivity contribution is 6.34. The molecule has 1 aliphatic rings. The molecule has 38 heavy (non-hydrogen) atoms. The van der Waals surface area contributed by atoms with E-state index in [0.29, 0.717) is 39.9 Å². The zero-order valence-corrected chi connectivity index (χ0v) is 23.3. The fourth-order valence-corrected chi connectivity index (χ4v) is 5.93. The molecule has 0 N–H and O–H groups in total. The summed E-state index contributed by atoms with van der Waals surface area (Å²) in [5, 5.41) is 1.52. The molecule has 1 aliphatic heterocycles. The molecule has 194 valence electrons. The van der Waals surface area contributed by atoms with Gasteiger partial charge in [-0.05, 0) is 53.9 Å². The van der Waals surface area contributed by atoms with Crippen molar-refractivity contribution in [2.75, 3.05) is 24.5 Å². The van der Waals surface area contributed by atoms with Gasteiger partial charge < -0.3 is 14.3 Å². The summed E-state index contributed by atoms with van der Waals surface area (Å²) in [5.74, 6) is 0.268. The molecule has 0 aliphatic carbocycles. The Balaban J connectivity index is 1.57. The first-order valence-corrected chi connectivity index (χ1v) is 13.5. The van der Waals surface area contributed by atoms with Gasteiger partial charge in [-0.2, -0.15) is 0 Å². The minimum absolute atomic E-state index is 0.000616. The van der Waals surface area contributed by atoms with Crippen LogP contribution in [0.3, 0.4) is 0 Å². The molecular formula is C29H26Cl3N5O. The Labute approximate surface area is 236 Å². The number of pyridine rings is 2. The van der Waals surface area contributed by atoms with Crippen LogP contribution in [0.2, 0.25) is 15.1 Å². The Morgan fingerprint density at radius 2 is 1.58 bits per heavy atom. The third-order valence-corrected chi connectivity index (χ3v) is 8.12. The summed E-state index contributed by atoms with van der Waals surface area (Å²) in [5.41, 5.74) is 3.83. The number of nitrogens with zero attached hydrogens (tertiary/aromatic N) is 5. The van der Waals surface area contributed by atoms with Crippen molar-refractivity contribution in [2.45, 2.75) is 25.4 Å². The number of rotatable bonds is 5. The molecule has 1 saturated heterocycles. The SMILES string of the molecule is [C-]#[N+]c1ccc2c(n1)c(N1CCN(C(c3ccc(Cl)cc3)c3ccc(Cl)cc3)[C@H](CC)C1)c(Cl)c(=O)n2C. The molecule has 0 unspecified atom stereocenters. The average Bonchev–Trinajstić information content (AvgIpc) is 2.94. The van der Waals surface area contributed by atoms with Crippen LogP contribution in [-0.4, -0.2) is 40.1 Å². The molecule has 0 spiro atoms. The molecule has 0 bridgehead atoms. The number of piperazine rings is 1. The summed E-state index contributed by atoms with van der Waals surface area (Å²) in [4.78, 5) is 25.7. The Bertz CT molecular complexity index is 1530. The molecule has 1 atom stereocenters. The van der Waals surface area contributed by atoms with E-state index < -0.39 is 0 Å². The summed E-state index contributed by atoms with van der Waals surface area (Å²) in [7, 11) is 1.68. The van der Waals surface area contributed by atoms with E-state index in [0.717, 1.165) is 24.1 Å². The zero-order chi connectivity index (χ0) is 27.0. The van der Waals surface area contributed by atoms with Gasteiger partial charge >= 0.3 is 0 Å². The first-order chi connectivity index (χ1) is 18.3. The maximum Gasteiger partial charge on any atom is 0.271 e. The van der Waals surface area contributed by atoms with Gasteiger partial charge in [0.15, 0.2) is 0 Å². The molecule has 0 saturated carbocycles. The van der Waals surface area contributed by atoms with Crippen LogP contribution in [-0.2, 0) is 7.05 Å². The van der Waals surface area contributed by atoms with Gasteiger partial charge in [0.25, 0.3) is 11.4 Å². The third-order valence-electron chi connectivity index (χ3n) is 7.28. The van der Waals surface area contributed by atoms with E-state index >= 15 is 0 Å². The highest BCUT2D eigenvalue weighted by Gasteiger charge is 2.35. The van der Waals surface area contributed by atoms with E-state index in [1.807, 2.05) is 24.3 Å². The van der Waals surface area contributed by atoms with Gasteiger partial charge in [-0.15, -0.1) is 4.98 Å². The van der Waals surface area contributed by atoms with E-state index in [1.165, 1.54) is 4.57 Å². The van der Waals surface area contributed by atoms with Gasteiger partial charge in [-0.1, -0.05) is 72.6 Å². The van der Waals surface area contributed by atoms with Crippen molar-refractivity contribution in [3.8, 4) is 0 Å². The zero-order valence-electron chi connectivity index (χ0n) is 21.0. The second-order valence-corrected chi connectivity index (χ2v) is 10.7. The first kappa shape index (κ1) is 26.5. The van der Waals surface area contributed by atoms with Crippen molar-refractivity contribution in [2.24, 2.45) is 7.05 Å². The number of halogens is 3. The number of benzene rings is 2. The van der Waals surface area contributed by atoms with Gasteiger partial charge in [-0.3, -0.25) is 9.69 Å².